The van der Waals surface area contributed by atoms with Crippen LogP contribution in [0.4, 0.5) is 0 Å². The lowest BCUT2D eigenvalue weighted by molar-refractivity contribution is 0.288. The average Bonchev–Trinajstić information content (AvgIpc) is 2.39. The molecule has 1 aromatic rings. The molecule has 5 heteroatoms. The maximum Gasteiger partial charge on any atom is 0.123 e. The number of nitrogens with one attached hydrogen (secondary N) is 1. The van der Waals surface area contributed by atoms with E-state index in [1.807, 2.05) is 30.0 Å². The molecule has 0 amide bonds. The van der Waals surface area contributed by atoms with Crippen LogP contribution in [0.1, 0.15) is 11.1 Å². The Morgan fingerprint density at radius 3 is 2.78 bits per heavy atom. The maximum absolute atomic E-state index is 7.50. The molecule has 1 saturated heterocycles. The molecule has 1 heterocycles. The van der Waals surface area contributed by atoms with Crippen molar-refractivity contribution < 1.29 is 4.74 Å². The molecule has 0 aromatic heterocycles. The standard InChI is InChI=1S/C13H19N3OS/c1-17-12-3-2-10(13(14)15)8-11(12)9-16-4-6-18-7-5-16/h2-3,8H,4-7,9H2,1H3,(H3,14,15). The number of ether oxygens (including phenoxy) is 1. The fourth-order valence-corrected chi connectivity index (χ4v) is 3.05. The van der Waals surface area contributed by atoms with Crippen molar-refractivity contribution in [2.24, 2.45) is 5.73 Å². The summed E-state index contributed by atoms with van der Waals surface area (Å²) in [5.74, 6) is 3.36. The Balaban J connectivity index is 2.17. The van der Waals surface area contributed by atoms with Crippen LogP contribution in [0.3, 0.4) is 0 Å². The lowest BCUT2D eigenvalue weighted by atomic mass is 10.1. The number of hydrogen-bond donors (Lipinski definition) is 2. The molecule has 0 unspecified atom stereocenters. The monoisotopic (exact) mass is 265 g/mol. The largest absolute Gasteiger partial charge is 0.496 e. The molecule has 0 saturated carbocycles. The van der Waals surface area contributed by atoms with Crippen molar-refractivity contribution in [3.8, 4) is 5.75 Å². The zero-order valence-electron chi connectivity index (χ0n) is 10.6. The van der Waals surface area contributed by atoms with E-state index in [0.717, 1.165) is 36.5 Å². The Bertz CT molecular complexity index is 430. The molecule has 1 fully saturated rings. The Morgan fingerprint density at radius 1 is 1.44 bits per heavy atom. The topological polar surface area (TPSA) is 62.3 Å². The smallest absolute Gasteiger partial charge is 0.123 e. The van der Waals surface area contributed by atoms with Crippen LogP contribution in [0.5, 0.6) is 5.75 Å². The van der Waals surface area contributed by atoms with E-state index < -0.39 is 0 Å². The highest BCUT2D eigenvalue weighted by molar-refractivity contribution is 7.99. The fraction of sp³-hybridized carbons (Fsp3) is 0.462. The van der Waals surface area contributed by atoms with Gasteiger partial charge in [-0.2, -0.15) is 11.8 Å². The zero-order chi connectivity index (χ0) is 13.0. The second-order valence-corrected chi connectivity index (χ2v) is 5.55. The van der Waals surface area contributed by atoms with E-state index in [1.165, 1.54) is 11.5 Å². The number of amidine groups is 1. The number of hydrogen-bond acceptors (Lipinski definition) is 4. The van der Waals surface area contributed by atoms with E-state index in [-0.39, 0.29) is 5.84 Å². The highest BCUT2D eigenvalue weighted by Gasteiger charge is 2.14. The van der Waals surface area contributed by atoms with Crippen molar-refractivity contribution >= 4 is 17.6 Å². The summed E-state index contributed by atoms with van der Waals surface area (Å²) in [4.78, 5) is 2.41. The molecule has 0 bridgehead atoms. The third kappa shape index (κ3) is 3.17. The third-order valence-electron chi connectivity index (χ3n) is 3.09. The molecule has 0 atom stereocenters. The summed E-state index contributed by atoms with van der Waals surface area (Å²) >= 11 is 2.00. The Hall–Kier alpha value is -1.20. The van der Waals surface area contributed by atoms with E-state index in [9.17, 15) is 0 Å². The summed E-state index contributed by atoms with van der Waals surface area (Å²) in [5, 5.41) is 7.50. The molecule has 0 spiro atoms. The van der Waals surface area contributed by atoms with Gasteiger partial charge in [0.05, 0.1) is 7.11 Å². The van der Waals surface area contributed by atoms with Crippen molar-refractivity contribution in [1.82, 2.24) is 4.90 Å². The van der Waals surface area contributed by atoms with Crippen molar-refractivity contribution in [2.45, 2.75) is 6.54 Å². The SMILES string of the molecule is COc1ccc(C(=N)N)cc1CN1CCSCC1. The zero-order valence-corrected chi connectivity index (χ0v) is 11.4. The average molecular weight is 265 g/mol. The number of nitrogens with two attached hydrogens (primary N) is 1. The van der Waals surface area contributed by atoms with Crippen LogP contribution in [0.2, 0.25) is 0 Å². The number of rotatable bonds is 4. The van der Waals surface area contributed by atoms with Gasteiger partial charge in [0, 0.05) is 42.3 Å². The number of nitrogens with zero attached hydrogens (tertiary/aromatic N) is 1. The first kappa shape index (κ1) is 13.2. The minimum absolute atomic E-state index is 0.105. The molecular formula is C13H19N3OS. The molecule has 1 aliphatic rings. The molecule has 0 aliphatic carbocycles. The van der Waals surface area contributed by atoms with Gasteiger partial charge in [-0.3, -0.25) is 10.3 Å². The second kappa shape index (κ2) is 6.11. The first-order valence-electron chi connectivity index (χ1n) is 6.02. The maximum atomic E-state index is 7.50. The van der Waals surface area contributed by atoms with E-state index in [2.05, 4.69) is 4.90 Å². The van der Waals surface area contributed by atoms with Crippen LogP contribution in [0, 0.1) is 5.41 Å². The molecule has 0 radical (unpaired) electrons. The number of methoxy groups -OCH3 is 1. The Labute approximate surface area is 112 Å². The van der Waals surface area contributed by atoms with Gasteiger partial charge < -0.3 is 10.5 Å². The van der Waals surface area contributed by atoms with Crippen molar-refractivity contribution in [1.29, 1.82) is 5.41 Å². The van der Waals surface area contributed by atoms with E-state index in [4.69, 9.17) is 15.9 Å². The van der Waals surface area contributed by atoms with E-state index in [1.54, 1.807) is 7.11 Å². The molecule has 1 aliphatic heterocycles. The summed E-state index contributed by atoms with van der Waals surface area (Å²) in [5.41, 5.74) is 7.40. The van der Waals surface area contributed by atoms with Crippen molar-refractivity contribution in [2.75, 3.05) is 31.7 Å². The highest BCUT2D eigenvalue weighted by Crippen LogP contribution is 2.23. The minimum Gasteiger partial charge on any atom is -0.496 e. The predicted octanol–water partition coefficient (Wildman–Crippen LogP) is 1.53. The number of nitrogen functional groups attached to an aromatic ring is 1. The van der Waals surface area contributed by atoms with Gasteiger partial charge in [0.15, 0.2) is 0 Å². The summed E-state index contributed by atoms with van der Waals surface area (Å²) < 4.78 is 5.38. The van der Waals surface area contributed by atoms with E-state index in [0.29, 0.717) is 0 Å². The van der Waals surface area contributed by atoms with Crippen molar-refractivity contribution in [3.05, 3.63) is 29.3 Å². The van der Waals surface area contributed by atoms with Gasteiger partial charge in [-0.25, -0.2) is 0 Å². The summed E-state index contributed by atoms with van der Waals surface area (Å²) in [6.45, 7) is 3.08. The Kier molecular flexibility index (Phi) is 4.49. The van der Waals surface area contributed by atoms with Gasteiger partial charge >= 0.3 is 0 Å². The number of benzene rings is 1. The van der Waals surface area contributed by atoms with Gasteiger partial charge in [-0.1, -0.05) is 0 Å². The van der Waals surface area contributed by atoms with Gasteiger partial charge in [0.1, 0.15) is 11.6 Å². The first-order valence-corrected chi connectivity index (χ1v) is 7.17. The third-order valence-corrected chi connectivity index (χ3v) is 4.03. The lowest BCUT2D eigenvalue weighted by Crippen LogP contribution is -2.32. The molecule has 18 heavy (non-hydrogen) atoms. The molecule has 1 aromatic carbocycles. The molecule has 3 N–H and O–H groups in total. The molecule has 98 valence electrons. The quantitative estimate of drug-likeness (QED) is 0.640. The second-order valence-electron chi connectivity index (χ2n) is 4.33. The van der Waals surface area contributed by atoms with Crippen LogP contribution in [0.25, 0.3) is 0 Å². The summed E-state index contributed by atoms with van der Waals surface area (Å²) in [6, 6.07) is 5.68. The van der Waals surface area contributed by atoms with Gasteiger partial charge in [-0.15, -0.1) is 0 Å². The van der Waals surface area contributed by atoms with Gasteiger partial charge in [-0.05, 0) is 18.2 Å². The number of thioether (sulfide) groups is 1. The first-order chi connectivity index (χ1) is 8.70. The van der Waals surface area contributed by atoms with Gasteiger partial charge in [0.2, 0.25) is 0 Å². The molecule has 2 rings (SSSR count). The minimum atomic E-state index is 0.105. The predicted molar refractivity (Wildman–Crippen MR) is 76.6 cm³/mol. The van der Waals surface area contributed by atoms with E-state index >= 15 is 0 Å². The highest BCUT2D eigenvalue weighted by atomic mass is 32.2. The van der Waals surface area contributed by atoms with Crippen LogP contribution >= 0.6 is 11.8 Å². The normalized spacial score (nSPS) is 16.5. The molecular weight excluding hydrogens is 246 g/mol. The van der Waals surface area contributed by atoms with Crippen LogP contribution in [-0.2, 0) is 6.54 Å². The summed E-state index contributed by atoms with van der Waals surface area (Å²) in [6.07, 6.45) is 0. The van der Waals surface area contributed by atoms with Crippen LogP contribution < -0.4 is 10.5 Å². The van der Waals surface area contributed by atoms with Crippen LogP contribution in [-0.4, -0.2) is 42.4 Å². The van der Waals surface area contributed by atoms with Gasteiger partial charge in [0.25, 0.3) is 0 Å². The van der Waals surface area contributed by atoms with Crippen molar-refractivity contribution in [3.63, 3.8) is 0 Å². The summed E-state index contributed by atoms with van der Waals surface area (Å²) in [7, 11) is 1.68. The Morgan fingerprint density at radius 2 is 2.17 bits per heavy atom. The lowest BCUT2D eigenvalue weighted by Gasteiger charge is -2.26. The molecule has 4 nitrogen and oxygen atoms in total. The van der Waals surface area contributed by atoms with Crippen LogP contribution in [0.15, 0.2) is 18.2 Å². The fourth-order valence-electron chi connectivity index (χ4n) is 2.07.